The maximum absolute atomic E-state index is 13.8. The molecule has 0 bridgehead atoms. The molecule has 3 aromatic carbocycles. The lowest BCUT2D eigenvalue weighted by molar-refractivity contribution is -0.142. The summed E-state index contributed by atoms with van der Waals surface area (Å²) < 4.78 is 1.95. The highest BCUT2D eigenvalue weighted by Gasteiger charge is 2.40. The Balaban J connectivity index is 1.44. The standard InChI is InChI=1S/C27H25ClN4O2/c1-18-26-30-22-9-5-6-10-23(22)32(26)24(27(34)31(18)17-20-7-3-2-4-8-20)15-25(33)29-16-19-11-13-21(28)14-12-19/h2-14,18,24H,15-17H2,1H3,(H,29,33)/t18-,24+/m0/s1. The summed E-state index contributed by atoms with van der Waals surface area (Å²) in [6.07, 6.45) is 0.0395. The van der Waals surface area contributed by atoms with Gasteiger partial charge in [0.2, 0.25) is 11.8 Å². The van der Waals surface area contributed by atoms with E-state index >= 15 is 0 Å². The summed E-state index contributed by atoms with van der Waals surface area (Å²) >= 11 is 5.95. The van der Waals surface area contributed by atoms with E-state index < -0.39 is 6.04 Å². The van der Waals surface area contributed by atoms with E-state index in [1.807, 2.05) is 83.1 Å². The Morgan fingerprint density at radius 1 is 0.971 bits per heavy atom. The number of halogens is 1. The number of carbonyl (C=O) groups excluding carboxylic acids is 2. The minimum atomic E-state index is -0.660. The monoisotopic (exact) mass is 472 g/mol. The van der Waals surface area contributed by atoms with Gasteiger partial charge in [-0.25, -0.2) is 4.98 Å². The van der Waals surface area contributed by atoms with Crippen LogP contribution in [0.4, 0.5) is 0 Å². The van der Waals surface area contributed by atoms with Crippen LogP contribution in [0.25, 0.3) is 11.0 Å². The molecule has 6 nitrogen and oxygen atoms in total. The number of aromatic nitrogens is 2. The average Bonchev–Trinajstić information content (AvgIpc) is 3.24. The summed E-state index contributed by atoms with van der Waals surface area (Å²) in [4.78, 5) is 33.4. The van der Waals surface area contributed by atoms with Crippen LogP contribution >= 0.6 is 11.6 Å². The number of imidazole rings is 1. The van der Waals surface area contributed by atoms with Crippen LogP contribution in [-0.2, 0) is 22.7 Å². The van der Waals surface area contributed by atoms with Gasteiger partial charge in [0.15, 0.2) is 0 Å². The van der Waals surface area contributed by atoms with Gasteiger partial charge in [-0.3, -0.25) is 9.59 Å². The predicted molar refractivity (Wildman–Crippen MR) is 132 cm³/mol. The minimum Gasteiger partial charge on any atom is -0.352 e. The number of rotatable bonds is 6. The highest BCUT2D eigenvalue weighted by Crippen LogP contribution is 2.37. The Morgan fingerprint density at radius 2 is 1.68 bits per heavy atom. The Bertz CT molecular complexity index is 1330. The number of amides is 2. The number of nitrogens with one attached hydrogen (secondary N) is 1. The first-order valence-corrected chi connectivity index (χ1v) is 11.7. The van der Waals surface area contributed by atoms with Gasteiger partial charge in [0.05, 0.1) is 23.5 Å². The van der Waals surface area contributed by atoms with E-state index in [0.717, 1.165) is 28.0 Å². The van der Waals surface area contributed by atoms with E-state index in [9.17, 15) is 9.59 Å². The molecule has 2 amide bonds. The normalized spacial score (nSPS) is 17.6. The van der Waals surface area contributed by atoms with E-state index in [4.69, 9.17) is 16.6 Å². The van der Waals surface area contributed by atoms with Crippen LogP contribution in [0.2, 0.25) is 5.02 Å². The molecule has 1 aliphatic rings. The van der Waals surface area contributed by atoms with Crippen LogP contribution in [0.5, 0.6) is 0 Å². The first-order valence-electron chi connectivity index (χ1n) is 11.3. The van der Waals surface area contributed by atoms with Gasteiger partial charge in [0.25, 0.3) is 0 Å². The molecule has 34 heavy (non-hydrogen) atoms. The molecule has 0 unspecified atom stereocenters. The molecule has 2 atom stereocenters. The van der Waals surface area contributed by atoms with Crippen molar-refractivity contribution in [3.05, 3.63) is 101 Å². The molecular weight excluding hydrogens is 448 g/mol. The molecule has 172 valence electrons. The molecule has 0 radical (unpaired) electrons. The van der Waals surface area contributed by atoms with Gasteiger partial charge in [0, 0.05) is 18.1 Å². The molecule has 0 aliphatic carbocycles. The zero-order valence-corrected chi connectivity index (χ0v) is 19.6. The van der Waals surface area contributed by atoms with Crippen molar-refractivity contribution in [1.82, 2.24) is 19.8 Å². The molecule has 1 N–H and O–H groups in total. The first kappa shape index (κ1) is 22.2. The number of hydrogen-bond acceptors (Lipinski definition) is 3. The van der Waals surface area contributed by atoms with Crippen molar-refractivity contribution in [3.63, 3.8) is 0 Å². The summed E-state index contributed by atoms with van der Waals surface area (Å²) in [5.74, 6) is 0.534. The van der Waals surface area contributed by atoms with Crippen molar-refractivity contribution in [2.45, 2.75) is 38.5 Å². The third-order valence-electron chi connectivity index (χ3n) is 6.32. The largest absolute Gasteiger partial charge is 0.352 e. The van der Waals surface area contributed by atoms with Gasteiger partial charge in [-0.1, -0.05) is 66.2 Å². The van der Waals surface area contributed by atoms with Gasteiger partial charge >= 0.3 is 0 Å². The third kappa shape index (κ3) is 4.29. The SMILES string of the molecule is C[C@H]1c2nc3ccccc3n2[C@H](CC(=O)NCc2ccc(Cl)cc2)C(=O)N1Cc1ccccc1. The molecule has 4 aromatic rings. The topological polar surface area (TPSA) is 67.2 Å². The molecule has 7 heteroatoms. The zero-order valence-electron chi connectivity index (χ0n) is 18.8. The smallest absolute Gasteiger partial charge is 0.247 e. The molecule has 5 rings (SSSR count). The summed E-state index contributed by atoms with van der Waals surface area (Å²) in [5.41, 5.74) is 3.68. The Morgan fingerprint density at radius 3 is 2.44 bits per heavy atom. The van der Waals surface area contributed by atoms with E-state index in [1.165, 1.54) is 0 Å². The lowest BCUT2D eigenvalue weighted by atomic mass is 10.0. The molecule has 0 spiro atoms. The van der Waals surface area contributed by atoms with Gasteiger partial charge in [-0.05, 0) is 42.3 Å². The molecule has 2 heterocycles. The lowest BCUT2D eigenvalue weighted by Gasteiger charge is -2.38. The zero-order chi connectivity index (χ0) is 23.7. The van der Waals surface area contributed by atoms with Crippen LogP contribution in [0.15, 0.2) is 78.9 Å². The fourth-order valence-electron chi connectivity index (χ4n) is 4.54. The molecule has 1 aliphatic heterocycles. The number of hydrogen-bond donors (Lipinski definition) is 1. The predicted octanol–water partition coefficient (Wildman–Crippen LogP) is 5.04. The molecule has 1 aromatic heterocycles. The van der Waals surface area contributed by atoms with Crippen LogP contribution in [-0.4, -0.2) is 26.3 Å². The summed E-state index contributed by atoms with van der Waals surface area (Å²) in [6.45, 7) is 2.83. The third-order valence-corrected chi connectivity index (χ3v) is 6.57. The van der Waals surface area contributed by atoms with Crippen LogP contribution in [0, 0.1) is 0 Å². The maximum Gasteiger partial charge on any atom is 0.247 e. The Hall–Kier alpha value is -3.64. The van der Waals surface area contributed by atoms with Crippen molar-refractivity contribution in [2.24, 2.45) is 0 Å². The van der Waals surface area contributed by atoms with Crippen molar-refractivity contribution < 1.29 is 9.59 Å². The fraction of sp³-hybridized carbons (Fsp3) is 0.222. The van der Waals surface area contributed by atoms with Crippen LogP contribution < -0.4 is 5.32 Å². The van der Waals surface area contributed by atoms with E-state index in [1.54, 1.807) is 12.1 Å². The van der Waals surface area contributed by atoms with E-state index in [0.29, 0.717) is 18.1 Å². The number of benzene rings is 3. The average molecular weight is 473 g/mol. The van der Waals surface area contributed by atoms with Crippen molar-refractivity contribution in [3.8, 4) is 0 Å². The van der Waals surface area contributed by atoms with E-state index in [-0.39, 0.29) is 24.3 Å². The van der Waals surface area contributed by atoms with Crippen LogP contribution in [0.3, 0.4) is 0 Å². The second-order valence-corrected chi connectivity index (χ2v) is 9.02. The molecular formula is C27H25ClN4O2. The summed E-state index contributed by atoms with van der Waals surface area (Å²) in [7, 11) is 0. The summed E-state index contributed by atoms with van der Waals surface area (Å²) in [6, 6.07) is 24.1. The van der Waals surface area contributed by atoms with Gasteiger partial charge < -0.3 is 14.8 Å². The second kappa shape index (κ2) is 9.31. The highest BCUT2D eigenvalue weighted by atomic mass is 35.5. The van der Waals surface area contributed by atoms with Crippen molar-refractivity contribution >= 4 is 34.4 Å². The first-order chi connectivity index (χ1) is 16.5. The Kier molecular flexibility index (Phi) is 6.07. The Labute approximate surface area is 203 Å². The van der Waals surface area contributed by atoms with Crippen LogP contribution in [0.1, 0.15) is 42.4 Å². The number of carbonyl (C=O) groups is 2. The molecule has 0 saturated carbocycles. The highest BCUT2D eigenvalue weighted by molar-refractivity contribution is 6.30. The molecule has 0 saturated heterocycles. The minimum absolute atomic E-state index is 0.0395. The number of para-hydroxylation sites is 2. The maximum atomic E-state index is 13.8. The van der Waals surface area contributed by atoms with E-state index in [2.05, 4.69) is 5.32 Å². The summed E-state index contributed by atoms with van der Waals surface area (Å²) in [5, 5.41) is 3.59. The second-order valence-electron chi connectivity index (χ2n) is 8.58. The van der Waals surface area contributed by atoms with Gasteiger partial charge in [-0.15, -0.1) is 0 Å². The fourth-order valence-corrected chi connectivity index (χ4v) is 4.67. The number of nitrogens with zero attached hydrogens (tertiary/aromatic N) is 3. The van der Waals surface area contributed by atoms with Gasteiger partial charge in [-0.2, -0.15) is 0 Å². The lowest BCUT2D eigenvalue weighted by Crippen LogP contribution is -2.46. The van der Waals surface area contributed by atoms with Gasteiger partial charge in [0.1, 0.15) is 11.9 Å². The molecule has 0 fully saturated rings. The number of fused-ring (bicyclic) bond motifs is 3. The quantitative estimate of drug-likeness (QED) is 0.427. The van der Waals surface area contributed by atoms with Crippen molar-refractivity contribution in [1.29, 1.82) is 0 Å². The van der Waals surface area contributed by atoms with Crippen molar-refractivity contribution in [2.75, 3.05) is 0 Å².